The van der Waals surface area contributed by atoms with Crippen LogP contribution >= 0.6 is 0 Å². The van der Waals surface area contributed by atoms with E-state index in [4.69, 9.17) is 37.9 Å². The van der Waals surface area contributed by atoms with Gasteiger partial charge in [-0.3, -0.25) is 4.79 Å². The number of ether oxygens (including phenoxy) is 8. The van der Waals surface area contributed by atoms with Crippen LogP contribution in [0.15, 0.2) is 42.8 Å². The van der Waals surface area contributed by atoms with Gasteiger partial charge in [0.15, 0.2) is 18.4 Å². The predicted octanol–water partition coefficient (Wildman–Crippen LogP) is 7.49. The smallest absolute Gasteiger partial charge is 0.420 e. The lowest BCUT2D eigenvalue weighted by atomic mass is 9.99. The molecule has 1 fully saturated rings. The van der Waals surface area contributed by atoms with Crippen molar-refractivity contribution in [3.8, 4) is 11.5 Å². The molecule has 0 spiro atoms. The van der Waals surface area contributed by atoms with E-state index in [2.05, 4.69) is 4.98 Å². The SMILES string of the molecule is COCOc1cc(OCCCCN(Cc2nccn2C(=O)OC(C)(C)C)C(=O)OC(C)(C)C)cc2c1C(=O)O[C@@H](C)[C@H](C)/C=C\C(=O)C1OC(C)(C)O[C@H]1CC=C2. The van der Waals surface area contributed by atoms with Gasteiger partial charge >= 0.3 is 18.2 Å². The van der Waals surface area contributed by atoms with Gasteiger partial charge in [0.1, 0.15) is 46.3 Å². The van der Waals surface area contributed by atoms with E-state index in [1.807, 2.05) is 13.0 Å². The van der Waals surface area contributed by atoms with Gasteiger partial charge in [0, 0.05) is 38.0 Å². The number of nitrogens with zero attached hydrogens (tertiary/aromatic N) is 3. The van der Waals surface area contributed by atoms with Gasteiger partial charge in [-0.1, -0.05) is 25.2 Å². The minimum absolute atomic E-state index is 0.00752. The van der Waals surface area contributed by atoms with E-state index in [1.54, 1.807) is 86.6 Å². The summed E-state index contributed by atoms with van der Waals surface area (Å²) < 4.78 is 47.7. The monoisotopic (exact) mass is 797 g/mol. The van der Waals surface area contributed by atoms with E-state index in [0.29, 0.717) is 36.4 Å². The lowest BCUT2D eigenvalue weighted by molar-refractivity contribution is -0.152. The van der Waals surface area contributed by atoms with Gasteiger partial charge in [-0.2, -0.15) is 0 Å². The summed E-state index contributed by atoms with van der Waals surface area (Å²) in [4.78, 5) is 58.9. The highest BCUT2D eigenvalue weighted by Crippen LogP contribution is 2.34. The minimum atomic E-state index is -0.953. The Morgan fingerprint density at radius 2 is 1.70 bits per heavy atom. The van der Waals surface area contributed by atoms with E-state index in [1.165, 1.54) is 35.0 Å². The summed E-state index contributed by atoms with van der Waals surface area (Å²) in [5, 5.41) is 0. The first-order chi connectivity index (χ1) is 26.7. The lowest BCUT2D eigenvalue weighted by Gasteiger charge is -2.27. The van der Waals surface area contributed by atoms with Crippen LogP contribution in [0.5, 0.6) is 11.5 Å². The van der Waals surface area contributed by atoms with Crippen molar-refractivity contribution >= 4 is 30.0 Å². The van der Waals surface area contributed by atoms with Gasteiger partial charge in [-0.25, -0.2) is 23.9 Å². The Labute approximate surface area is 335 Å². The summed E-state index contributed by atoms with van der Waals surface area (Å²) in [6.07, 6.45) is 7.96. The third kappa shape index (κ3) is 13.4. The maximum Gasteiger partial charge on any atom is 0.420 e. The van der Waals surface area contributed by atoms with Crippen molar-refractivity contribution in [3.63, 3.8) is 0 Å². The number of unbranched alkanes of at least 4 members (excludes halogenated alkanes) is 1. The number of amides is 1. The Morgan fingerprint density at radius 3 is 2.39 bits per heavy atom. The minimum Gasteiger partial charge on any atom is -0.493 e. The fourth-order valence-electron chi connectivity index (χ4n) is 5.95. The number of rotatable bonds is 11. The number of benzene rings is 1. The van der Waals surface area contributed by atoms with E-state index < -0.39 is 53.5 Å². The van der Waals surface area contributed by atoms with Gasteiger partial charge in [0.2, 0.25) is 0 Å². The molecule has 0 aliphatic carbocycles. The molecule has 2 aliphatic rings. The molecule has 2 aromatic rings. The van der Waals surface area contributed by atoms with Gasteiger partial charge in [-0.15, -0.1) is 0 Å². The number of carbonyl (C=O) groups is 4. The molecule has 0 saturated carbocycles. The number of aromatic nitrogens is 2. The normalized spacial score (nSPS) is 21.7. The zero-order valence-electron chi connectivity index (χ0n) is 35.1. The molecule has 0 bridgehead atoms. The molecular weight excluding hydrogens is 738 g/mol. The number of hydrogen-bond acceptors (Lipinski definition) is 13. The third-order valence-corrected chi connectivity index (χ3v) is 8.75. The second-order valence-corrected chi connectivity index (χ2v) is 16.6. The first kappa shape index (κ1) is 45.0. The number of carbonyl (C=O) groups excluding carboxylic acids is 4. The Hall–Kier alpha value is -4.73. The Morgan fingerprint density at radius 1 is 0.982 bits per heavy atom. The van der Waals surface area contributed by atoms with Crippen molar-refractivity contribution in [2.24, 2.45) is 5.92 Å². The van der Waals surface area contributed by atoms with Crippen molar-refractivity contribution in [2.75, 3.05) is 27.1 Å². The van der Waals surface area contributed by atoms with Crippen LogP contribution in [0.2, 0.25) is 0 Å². The van der Waals surface area contributed by atoms with Gasteiger partial charge in [-0.05, 0) is 99.3 Å². The zero-order valence-corrected chi connectivity index (χ0v) is 35.1. The van der Waals surface area contributed by atoms with E-state index in [9.17, 15) is 19.2 Å². The average Bonchev–Trinajstić information content (AvgIpc) is 3.69. The number of imidazole rings is 1. The Balaban J connectivity index is 1.54. The summed E-state index contributed by atoms with van der Waals surface area (Å²) in [6.45, 7) is 18.2. The quantitative estimate of drug-likeness (QED) is 0.0952. The van der Waals surface area contributed by atoms with Crippen molar-refractivity contribution in [1.82, 2.24) is 14.5 Å². The van der Waals surface area contributed by atoms with Crippen molar-refractivity contribution in [2.45, 2.75) is 130 Å². The highest BCUT2D eigenvalue weighted by atomic mass is 16.8. The second-order valence-electron chi connectivity index (χ2n) is 16.6. The average molecular weight is 798 g/mol. The highest BCUT2D eigenvalue weighted by Gasteiger charge is 2.43. The molecule has 4 rings (SSSR count). The Bertz CT molecular complexity index is 1780. The fraction of sp³-hybridized carbons (Fsp3) is 0.595. The molecule has 4 atom stereocenters. The van der Waals surface area contributed by atoms with E-state index in [0.717, 1.165) is 0 Å². The predicted molar refractivity (Wildman–Crippen MR) is 210 cm³/mol. The van der Waals surface area contributed by atoms with Crippen LogP contribution in [0.4, 0.5) is 9.59 Å². The number of hydrogen-bond donors (Lipinski definition) is 0. The standard InChI is InChI=1S/C42H59N3O12/c1-27-17-18-31(46)36-32(54-42(9,10)55-36)16-14-15-29-23-30(24-33(52-26-50-11)35(29)37(47)53-28(27)2)51-22-13-12-20-44(38(48)56-40(3,4)5)25-34-43-19-21-45(34)39(49)57-41(6,7)8/h14-15,17-19,21,23-24,27-28,32,36H,12-13,16,20,22,25-26H2,1-11H3/b15-14?,18-17-/t27-,28+,32+,36?/m1/s1. The van der Waals surface area contributed by atoms with Crippen LogP contribution in [0, 0.1) is 5.92 Å². The maximum absolute atomic E-state index is 13.8. The van der Waals surface area contributed by atoms with Gasteiger partial charge < -0.3 is 42.8 Å². The fourth-order valence-corrected chi connectivity index (χ4v) is 5.95. The summed E-state index contributed by atoms with van der Waals surface area (Å²) in [5.74, 6) is -1.15. The van der Waals surface area contributed by atoms with Gasteiger partial charge in [0.25, 0.3) is 0 Å². The summed E-state index contributed by atoms with van der Waals surface area (Å²) >= 11 is 0. The molecule has 3 heterocycles. The number of methoxy groups -OCH3 is 1. The molecule has 2 aliphatic heterocycles. The first-order valence-corrected chi connectivity index (χ1v) is 19.3. The molecule has 15 nitrogen and oxygen atoms in total. The van der Waals surface area contributed by atoms with Crippen LogP contribution in [-0.4, -0.2) is 101 Å². The van der Waals surface area contributed by atoms with Crippen molar-refractivity contribution in [1.29, 1.82) is 0 Å². The van der Waals surface area contributed by atoms with Crippen LogP contribution in [0.25, 0.3) is 6.08 Å². The molecule has 1 unspecified atom stereocenters. The molecule has 314 valence electrons. The molecule has 1 aromatic heterocycles. The Kier molecular flexibility index (Phi) is 15.1. The highest BCUT2D eigenvalue weighted by molar-refractivity contribution is 5.97. The molecule has 0 radical (unpaired) electrons. The van der Waals surface area contributed by atoms with Gasteiger partial charge in [0.05, 0.1) is 19.3 Å². The number of ketones is 1. The molecule has 0 N–H and O–H groups in total. The number of esters is 1. The topological polar surface area (TPSA) is 163 Å². The summed E-state index contributed by atoms with van der Waals surface area (Å²) in [7, 11) is 1.47. The summed E-state index contributed by atoms with van der Waals surface area (Å²) in [6, 6.07) is 3.33. The molecule has 1 aromatic carbocycles. The maximum atomic E-state index is 13.8. The van der Waals surface area contributed by atoms with E-state index in [-0.39, 0.29) is 49.5 Å². The molecular formula is C42H59N3O12. The molecule has 1 saturated heterocycles. The van der Waals surface area contributed by atoms with Crippen molar-refractivity contribution in [3.05, 3.63) is 59.7 Å². The summed E-state index contributed by atoms with van der Waals surface area (Å²) in [5.41, 5.74) is -0.813. The van der Waals surface area contributed by atoms with Crippen LogP contribution in [-0.2, 0) is 39.8 Å². The van der Waals surface area contributed by atoms with E-state index >= 15 is 0 Å². The van der Waals surface area contributed by atoms with Crippen molar-refractivity contribution < 1.29 is 57.1 Å². The molecule has 1 amide bonds. The van der Waals surface area contributed by atoms with Crippen LogP contribution in [0.1, 0.15) is 110 Å². The molecule has 15 heteroatoms. The van der Waals surface area contributed by atoms with Crippen LogP contribution < -0.4 is 9.47 Å². The molecule has 57 heavy (non-hydrogen) atoms. The zero-order chi connectivity index (χ0) is 42.1. The first-order valence-electron chi connectivity index (χ1n) is 19.3. The third-order valence-electron chi connectivity index (χ3n) is 8.75. The second kappa shape index (κ2) is 19.1. The number of cyclic esters (lactones) is 1. The van der Waals surface area contributed by atoms with Crippen LogP contribution in [0.3, 0.4) is 0 Å². The number of fused-ring (bicyclic) bond motifs is 2. The lowest BCUT2D eigenvalue weighted by Crippen LogP contribution is -2.38. The largest absolute Gasteiger partial charge is 0.493 e.